The van der Waals surface area contributed by atoms with Gasteiger partial charge >= 0.3 is 12.2 Å². The molecule has 3 amide bonds. The second-order valence-electron chi connectivity index (χ2n) is 7.21. The predicted octanol–water partition coefficient (Wildman–Crippen LogP) is 1.26. The molecule has 0 aliphatic carbocycles. The van der Waals surface area contributed by atoms with Crippen LogP contribution in [0.1, 0.15) is 49.3 Å². The van der Waals surface area contributed by atoms with E-state index in [2.05, 4.69) is 11.0 Å². The molecule has 146 valence electrons. The molecule has 3 N–H and O–H groups in total. The Hall–Kier alpha value is -3.22. The number of hydrogen-bond acceptors (Lipinski definition) is 5. The second kappa shape index (κ2) is 7.19. The lowest BCUT2D eigenvalue weighted by Crippen LogP contribution is -2.37. The van der Waals surface area contributed by atoms with Gasteiger partial charge in [0.1, 0.15) is 16.9 Å². The van der Waals surface area contributed by atoms with Crippen molar-refractivity contribution in [2.24, 2.45) is 5.73 Å². The van der Waals surface area contributed by atoms with Crippen LogP contribution in [0.4, 0.5) is 15.4 Å². The van der Waals surface area contributed by atoms with Crippen LogP contribution >= 0.6 is 0 Å². The molecule has 1 aliphatic heterocycles. The standard InChI is InChI=1S/C17H23N5O5/c1-6-11-12(13(18)23)14(20(5)16(26)27-17(2,3)4)22(19-11)10-7-8-21(9-10)15(24)25/h1,10H,7-9H2,2-5H3,(H2,18,23)(H,24,25)/t10-/m0/s1. The summed E-state index contributed by atoms with van der Waals surface area (Å²) in [5, 5.41) is 13.4. The zero-order valence-corrected chi connectivity index (χ0v) is 15.7. The van der Waals surface area contributed by atoms with Gasteiger partial charge in [0.05, 0.1) is 6.04 Å². The maximum atomic E-state index is 12.5. The molecule has 2 rings (SSSR count). The number of amides is 3. The molecule has 0 saturated carbocycles. The number of likely N-dealkylation sites (tertiary alicyclic amines) is 1. The van der Waals surface area contributed by atoms with Crippen molar-refractivity contribution >= 4 is 23.9 Å². The van der Waals surface area contributed by atoms with Gasteiger partial charge < -0.3 is 20.5 Å². The summed E-state index contributed by atoms with van der Waals surface area (Å²) in [5.74, 6) is 1.54. The van der Waals surface area contributed by atoms with E-state index in [9.17, 15) is 19.5 Å². The third kappa shape index (κ3) is 4.13. The molecule has 0 unspecified atom stereocenters. The fourth-order valence-corrected chi connectivity index (χ4v) is 2.86. The summed E-state index contributed by atoms with van der Waals surface area (Å²) in [6, 6.07) is -0.402. The van der Waals surface area contributed by atoms with Crippen LogP contribution in [0.25, 0.3) is 0 Å². The van der Waals surface area contributed by atoms with Gasteiger partial charge in [-0.15, -0.1) is 6.42 Å². The van der Waals surface area contributed by atoms with Crippen LogP contribution < -0.4 is 10.6 Å². The highest BCUT2D eigenvalue weighted by atomic mass is 16.6. The molecule has 2 heterocycles. The number of anilines is 1. The van der Waals surface area contributed by atoms with Gasteiger partial charge in [0.25, 0.3) is 5.91 Å². The molecule has 1 atom stereocenters. The van der Waals surface area contributed by atoms with Gasteiger partial charge in [-0.25, -0.2) is 14.3 Å². The van der Waals surface area contributed by atoms with Crippen molar-refractivity contribution in [1.29, 1.82) is 0 Å². The number of hydrogen-bond donors (Lipinski definition) is 2. The third-order valence-electron chi connectivity index (χ3n) is 4.03. The van der Waals surface area contributed by atoms with E-state index in [1.165, 1.54) is 16.6 Å². The Morgan fingerprint density at radius 3 is 2.48 bits per heavy atom. The van der Waals surface area contributed by atoms with Crippen LogP contribution in [-0.2, 0) is 4.74 Å². The number of terminal acetylenes is 1. The molecule has 1 aromatic rings. The molecular weight excluding hydrogens is 354 g/mol. The lowest BCUT2D eigenvalue weighted by atomic mass is 10.2. The first-order chi connectivity index (χ1) is 12.5. The van der Waals surface area contributed by atoms with Crippen LogP contribution in [0.15, 0.2) is 0 Å². The molecule has 27 heavy (non-hydrogen) atoms. The van der Waals surface area contributed by atoms with Gasteiger partial charge in [-0.2, -0.15) is 5.10 Å². The molecule has 1 saturated heterocycles. The molecule has 1 aliphatic rings. The number of nitrogens with two attached hydrogens (primary N) is 1. The van der Waals surface area contributed by atoms with Crippen molar-refractivity contribution < 1.29 is 24.2 Å². The zero-order valence-electron chi connectivity index (χ0n) is 15.7. The maximum absolute atomic E-state index is 12.5. The van der Waals surface area contributed by atoms with E-state index in [0.29, 0.717) is 13.0 Å². The van der Waals surface area contributed by atoms with E-state index in [1.807, 2.05) is 0 Å². The summed E-state index contributed by atoms with van der Waals surface area (Å²) in [7, 11) is 1.41. The van der Waals surface area contributed by atoms with Crippen molar-refractivity contribution in [2.75, 3.05) is 25.0 Å². The Morgan fingerprint density at radius 1 is 1.41 bits per heavy atom. The molecule has 0 radical (unpaired) electrons. The number of carbonyl (C=O) groups excluding carboxylic acids is 2. The molecule has 0 spiro atoms. The average molecular weight is 377 g/mol. The van der Waals surface area contributed by atoms with Crippen LogP contribution in [0.2, 0.25) is 0 Å². The third-order valence-corrected chi connectivity index (χ3v) is 4.03. The normalized spacial score (nSPS) is 16.7. The first kappa shape index (κ1) is 20.1. The Labute approximate surface area is 156 Å². The topological polar surface area (TPSA) is 131 Å². The Morgan fingerprint density at radius 2 is 2.04 bits per heavy atom. The van der Waals surface area contributed by atoms with Gasteiger partial charge in [0, 0.05) is 20.1 Å². The number of ether oxygens (including phenoxy) is 1. The minimum Gasteiger partial charge on any atom is -0.465 e. The fourth-order valence-electron chi connectivity index (χ4n) is 2.86. The number of carboxylic acid groups (broad SMARTS) is 1. The Bertz CT molecular complexity index is 817. The first-order valence-corrected chi connectivity index (χ1v) is 8.29. The smallest absolute Gasteiger partial charge is 0.415 e. The summed E-state index contributed by atoms with van der Waals surface area (Å²) >= 11 is 0. The first-order valence-electron chi connectivity index (χ1n) is 8.29. The SMILES string of the molecule is C#Cc1nn([C@H]2CCN(C(=O)O)C2)c(N(C)C(=O)OC(C)(C)C)c1C(N)=O. The Kier molecular flexibility index (Phi) is 5.35. The summed E-state index contributed by atoms with van der Waals surface area (Å²) in [6.45, 7) is 5.57. The van der Waals surface area contributed by atoms with Crippen LogP contribution in [0, 0.1) is 12.3 Å². The Balaban J connectivity index is 2.52. The highest BCUT2D eigenvalue weighted by Crippen LogP contribution is 2.31. The summed E-state index contributed by atoms with van der Waals surface area (Å²) in [5.41, 5.74) is 4.62. The van der Waals surface area contributed by atoms with Crippen molar-refractivity contribution in [3.05, 3.63) is 11.3 Å². The lowest BCUT2D eigenvalue weighted by Gasteiger charge is -2.26. The summed E-state index contributed by atoms with van der Waals surface area (Å²) in [4.78, 5) is 38.1. The minimum atomic E-state index is -1.06. The van der Waals surface area contributed by atoms with Gasteiger partial charge in [-0.3, -0.25) is 9.69 Å². The van der Waals surface area contributed by atoms with Crippen molar-refractivity contribution in [3.63, 3.8) is 0 Å². The van der Waals surface area contributed by atoms with E-state index in [4.69, 9.17) is 16.9 Å². The summed E-state index contributed by atoms with van der Waals surface area (Å²) in [6.07, 6.45) is 4.12. The summed E-state index contributed by atoms with van der Waals surface area (Å²) < 4.78 is 6.74. The maximum Gasteiger partial charge on any atom is 0.415 e. The van der Waals surface area contributed by atoms with Crippen molar-refractivity contribution in [3.8, 4) is 12.3 Å². The van der Waals surface area contributed by atoms with Crippen molar-refractivity contribution in [1.82, 2.24) is 14.7 Å². The molecule has 1 aromatic heterocycles. The molecular formula is C17H23N5O5. The number of primary amides is 1. The monoisotopic (exact) mass is 377 g/mol. The van der Waals surface area contributed by atoms with E-state index in [-0.39, 0.29) is 23.6 Å². The second-order valence-corrected chi connectivity index (χ2v) is 7.21. The molecule has 1 fully saturated rings. The van der Waals surface area contributed by atoms with E-state index in [0.717, 1.165) is 4.90 Å². The van der Waals surface area contributed by atoms with Crippen LogP contribution in [0.5, 0.6) is 0 Å². The molecule has 10 heteroatoms. The number of carbonyl (C=O) groups is 3. The highest BCUT2D eigenvalue weighted by molar-refractivity contribution is 6.03. The fraction of sp³-hybridized carbons (Fsp3) is 0.529. The largest absolute Gasteiger partial charge is 0.465 e. The van der Waals surface area contributed by atoms with Crippen LogP contribution in [0.3, 0.4) is 0 Å². The highest BCUT2D eigenvalue weighted by Gasteiger charge is 2.35. The van der Waals surface area contributed by atoms with Gasteiger partial charge in [-0.1, -0.05) is 0 Å². The number of rotatable bonds is 3. The van der Waals surface area contributed by atoms with E-state index >= 15 is 0 Å². The predicted molar refractivity (Wildman–Crippen MR) is 96.6 cm³/mol. The van der Waals surface area contributed by atoms with Gasteiger partial charge in [0.15, 0.2) is 5.82 Å². The van der Waals surface area contributed by atoms with Gasteiger partial charge in [-0.05, 0) is 33.1 Å². The quantitative estimate of drug-likeness (QED) is 0.763. The lowest BCUT2D eigenvalue weighted by molar-refractivity contribution is 0.0586. The zero-order chi connectivity index (χ0) is 20.5. The average Bonchev–Trinajstić information content (AvgIpc) is 3.16. The number of nitrogens with zero attached hydrogens (tertiary/aromatic N) is 4. The molecule has 0 bridgehead atoms. The molecule has 10 nitrogen and oxygen atoms in total. The van der Waals surface area contributed by atoms with Crippen molar-refractivity contribution in [2.45, 2.75) is 38.8 Å². The van der Waals surface area contributed by atoms with E-state index in [1.54, 1.807) is 20.8 Å². The van der Waals surface area contributed by atoms with Crippen LogP contribution in [-0.4, -0.2) is 63.6 Å². The van der Waals surface area contributed by atoms with E-state index < -0.39 is 29.7 Å². The van der Waals surface area contributed by atoms with Gasteiger partial charge in [0.2, 0.25) is 0 Å². The molecule has 0 aromatic carbocycles. The number of aromatic nitrogens is 2. The minimum absolute atomic E-state index is 0.0123.